The van der Waals surface area contributed by atoms with Crippen LogP contribution >= 0.6 is 11.3 Å². The zero-order chi connectivity index (χ0) is 33.5. The third-order valence-electron chi connectivity index (χ3n) is 8.02. The SMILES string of the molecule is CCN(C)CC(=O)N1CCc2cc(OC)c(Nc3nc(Nc4ccsc4C(N)=O)c4ccn(S(=O)(=O)c5ccc(C)cc5)c4n3)cc21. The standard InChI is InChI=1S/C32H34N8O5S2/c1-5-38(3)18-27(41)39-13-10-20-16-26(45-4)24(17-25(20)39)35-32-36-30(34-23-12-15-46-28(23)29(33)42)22-11-14-40(31(22)37-32)47(43,44)21-8-6-19(2)7-9-21/h6-9,11-12,14-17H,5,10,13,18H2,1-4H3,(H2,33,42)(H2,34,35,36,37). The number of carbonyl (C=O) groups is 2. The number of rotatable bonds is 11. The van der Waals surface area contributed by atoms with Gasteiger partial charge in [0.1, 0.15) is 16.4 Å². The van der Waals surface area contributed by atoms with Gasteiger partial charge >= 0.3 is 0 Å². The molecule has 0 bridgehead atoms. The molecule has 3 aromatic heterocycles. The molecule has 13 nitrogen and oxygen atoms in total. The fourth-order valence-corrected chi connectivity index (χ4v) is 7.37. The Morgan fingerprint density at radius 3 is 2.55 bits per heavy atom. The Morgan fingerprint density at radius 2 is 1.85 bits per heavy atom. The van der Waals surface area contributed by atoms with Crippen molar-refractivity contribution in [2.75, 3.05) is 49.3 Å². The summed E-state index contributed by atoms with van der Waals surface area (Å²) >= 11 is 1.17. The number of carbonyl (C=O) groups excluding carboxylic acids is 2. The van der Waals surface area contributed by atoms with E-state index in [1.807, 2.05) is 37.9 Å². The van der Waals surface area contributed by atoms with Gasteiger partial charge in [0.2, 0.25) is 11.9 Å². The van der Waals surface area contributed by atoms with Crippen LogP contribution in [0.5, 0.6) is 5.75 Å². The van der Waals surface area contributed by atoms with Gasteiger partial charge in [0.25, 0.3) is 15.9 Å². The highest BCUT2D eigenvalue weighted by Crippen LogP contribution is 2.39. The summed E-state index contributed by atoms with van der Waals surface area (Å²) in [5.74, 6) is 0.162. The third-order valence-corrected chi connectivity index (χ3v) is 10.6. The number of nitrogens with one attached hydrogen (secondary N) is 2. The Bertz CT molecular complexity index is 2110. The van der Waals surface area contributed by atoms with Gasteiger partial charge in [0, 0.05) is 18.4 Å². The molecular formula is C32H34N8O5S2. The van der Waals surface area contributed by atoms with Gasteiger partial charge < -0.3 is 26.0 Å². The number of nitrogens with zero attached hydrogens (tertiary/aromatic N) is 5. The number of likely N-dealkylation sites (N-methyl/N-ethyl adjacent to an activating group) is 1. The Balaban J connectivity index is 1.46. The smallest absolute Gasteiger partial charge is 0.269 e. The molecule has 0 radical (unpaired) electrons. The zero-order valence-electron chi connectivity index (χ0n) is 26.3. The molecule has 15 heteroatoms. The van der Waals surface area contributed by atoms with Crippen LogP contribution < -0.4 is 26.0 Å². The molecular weight excluding hydrogens is 641 g/mol. The van der Waals surface area contributed by atoms with Crippen molar-refractivity contribution in [2.45, 2.75) is 25.2 Å². The fraction of sp³-hybridized carbons (Fsp3) is 0.250. The second-order valence-electron chi connectivity index (χ2n) is 11.1. The minimum Gasteiger partial charge on any atom is -0.495 e. The molecule has 2 amide bonds. The number of ether oxygens (including phenoxy) is 1. The first-order valence-electron chi connectivity index (χ1n) is 14.8. The quantitative estimate of drug-likeness (QED) is 0.182. The van der Waals surface area contributed by atoms with E-state index in [4.69, 9.17) is 15.5 Å². The molecule has 1 aliphatic heterocycles. The molecule has 0 saturated heterocycles. The molecule has 244 valence electrons. The number of thiophene rings is 1. The van der Waals surface area contributed by atoms with Gasteiger partial charge in [-0.15, -0.1) is 11.3 Å². The van der Waals surface area contributed by atoms with E-state index in [2.05, 4.69) is 15.6 Å². The van der Waals surface area contributed by atoms with Crippen molar-refractivity contribution in [3.05, 3.63) is 76.1 Å². The predicted molar refractivity (Wildman–Crippen MR) is 183 cm³/mol. The Morgan fingerprint density at radius 1 is 1.09 bits per heavy atom. The first kappa shape index (κ1) is 32.0. The van der Waals surface area contributed by atoms with E-state index < -0.39 is 15.9 Å². The third kappa shape index (κ3) is 6.12. The van der Waals surface area contributed by atoms with Crippen molar-refractivity contribution < 1.29 is 22.7 Å². The summed E-state index contributed by atoms with van der Waals surface area (Å²) in [5.41, 5.74) is 9.23. The number of aryl methyl sites for hydroxylation is 1. The van der Waals surface area contributed by atoms with Gasteiger partial charge in [0.15, 0.2) is 5.65 Å². The van der Waals surface area contributed by atoms with Crippen molar-refractivity contribution in [1.29, 1.82) is 0 Å². The lowest BCUT2D eigenvalue weighted by Gasteiger charge is -2.22. The van der Waals surface area contributed by atoms with Crippen LogP contribution in [0.1, 0.15) is 27.7 Å². The fourth-order valence-electron chi connectivity index (χ4n) is 5.38. The maximum Gasteiger partial charge on any atom is 0.269 e. The second kappa shape index (κ2) is 12.7. The van der Waals surface area contributed by atoms with Gasteiger partial charge in [-0.2, -0.15) is 9.97 Å². The summed E-state index contributed by atoms with van der Waals surface area (Å²) in [7, 11) is -0.617. The van der Waals surface area contributed by atoms with Crippen LogP contribution in [0, 0.1) is 6.92 Å². The molecule has 0 atom stereocenters. The first-order chi connectivity index (χ1) is 22.5. The van der Waals surface area contributed by atoms with Crippen LogP contribution in [-0.4, -0.2) is 72.9 Å². The van der Waals surface area contributed by atoms with Crippen LogP contribution in [-0.2, 0) is 21.2 Å². The number of anilines is 5. The topological polar surface area (TPSA) is 165 Å². The van der Waals surface area contributed by atoms with E-state index in [0.29, 0.717) is 35.5 Å². The van der Waals surface area contributed by atoms with Crippen molar-refractivity contribution in [2.24, 2.45) is 5.73 Å². The normalized spacial score (nSPS) is 12.8. The van der Waals surface area contributed by atoms with Crippen molar-refractivity contribution in [3.8, 4) is 5.75 Å². The maximum atomic E-state index is 13.8. The van der Waals surface area contributed by atoms with Gasteiger partial charge in [-0.3, -0.25) is 14.5 Å². The van der Waals surface area contributed by atoms with Crippen molar-refractivity contribution in [1.82, 2.24) is 18.8 Å². The number of benzene rings is 2. The molecule has 4 heterocycles. The van der Waals surface area contributed by atoms with E-state index >= 15 is 0 Å². The van der Waals surface area contributed by atoms with Crippen LogP contribution in [0.4, 0.5) is 28.8 Å². The van der Waals surface area contributed by atoms with Gasteiger partial charge in [-0.05, 0) is 74.3 Å². The average molecular weight is 675 g/mol. The van der Waals surface area contributed by atoms with Gasteiger partial charge in [-0.25, -0.2) is 12.4 Å². The molecule has 4 N–H and O–H groups in total. The predicted octanol–water partition coefficient (Wildman–Crippen LogP) is 4.47. The Labute approximate surface area is 276 Å². The lowest BCUT2D eigenvalue weighted by atomic mass is 10.1. The highest BCUT2D eigenvalue weighted by molar-refractivity contribution is 7.90. The summed E-state index contributed by atoms with van der Waals surface area (Å²) < 4.78 is 34.5. The number of methoxy groups -OCH3 is 1. The van der Waals surface area contributed by atoms with E-state index in [0.717, 1.165) is 27.3 Å². The van der Waals surface area contributed by atoms with E-state index in [-0.39, 0.29) is 39.6 Å². The number of amides is 2. The van der Waals surface area contributed by atoms with Crippen LogP contribution in [0.2, 0.25) is 0 Å². The largest absolute Gasteiger partial charge is 0.495 e. The minimum atomic E-state index is -4.05. The Kier molecular flexibility index (Phi) is 8.61. The molecule has 6 rings (SSSR count). The van der Waals surface area contributed by atoms with E-state index in [1.54, 1.807) is 53.8 Å². The monoisotopic (exact) mass is 674 g/mol. The van der Waals surface area contributed by atoms with E-state index in [9.17, 15) is 18.0 Å². The lowest BCUT2D eigenvalue weighted by Crippen LogP contribution is -2.38. The molecule has 2 aromatic carbocycles. The van der Waals surface area contributed by atoms with Crippen molar-refractivity contribution >= 4 is 73.0 Å². The second-order valence-corrected chi connectivity index (χ2v) is 13.9. The van der Waals surface area contributed by atoms with Crippen LogP contribution in [0.3, 0.4) is 0 Å². The summed E-state index contributed by atoms with van der Waals surface area (Å²) in [6.07, 6.45) is 2.09. The molecule has 1 aliphatic rings. The van der Waals surface area contributed by atoms with Crippen LogP contribution in [0.25, 0.3) is 11.0 Å². The highest BCUT2D eigenvalue weighted by Gasteiger charge is 2.28. The number of nitrogens with two attached hydrogens (primary N) is 1. The molecule has 5 aromatic rings. The zero-order valence-corrected chi connectivity index (χ0v) is 27.9. The Hall–Kier alpha value is -4.99. The van der Waals surface area contributed by atoms with Crippen molar-refractivity contribution in [3.63, 3.8) is 0 Å². The van der Waals surface area contributed by atoms with Gasteiger partial charge in [0.05, 0.1) is 35.3 Å². The summed E-state index contributed by atoms with van der Waals surface area (Å²) in [4.78, 5) is 38.7. The molecule has 0 spiro atoms. The molecule has 0 aliphatic carbocycles. The minimum absolute atomic E-state index is 0.0199. The molecule has 0 unspecified atom stereocenters. The number of hydrogen-bond acceptors (Lipinski definition) is 11. The average Bonchev–Trinajstić information content (AvgIpc) is 3.79. The molecule has 0 fully saturated rings. The number of primary amides is 1. The first-order valence-corrected chi connectivity index (χ1v) is 17.1. The maximum absolute atomic E-state index is 13.8. The summed E-state index contributed by atoms with van der Waals surface area (Å²) in [5, 5.41) is 8.46. The van der Waals surface area contributed by atoms with Crippen LogP contribution in [0.15, 0.2) is 65.0 Å². The number of fused-ring (bicyclic) bond motifs is 2. The highest BCUT2D eigenvalue weighted by atomic mass is 32.2. The number of aromatic nitrogens is 3. The van der Waals surface area contributed by atoms with E-state index in [1.165, 1.54) is 17.5 Å². The number of hydrogen-bond donors (Lipinski definition) is 3. The summed E-state index contributed by atoms with van der Waals surface area (Å²) in [6, 6.07) is 13.5. The molecule has 47 heavy (non-hydrogen) atoms. The summed E-state index contributed by atoms with van der Waals surface area (Å²) in [6.45, 7) is 5.44. The molecule has 0 saturated carbocycles. The van der Waals surface area contributed by atoms with Gasteiger partial charge in [-0.1, -0.05) is 24.6 Å². The lowest BCUT2D eigenvalue weighted by molar-refractivity contribution is -0.119.